The monoisotopic (exact) mass is 363 g/mol. The van der Waals surface area contributed by atoms with E-state index in [-0.39, 0.29) is 23.0 Å². The van der Waals surface area contributed by atoms with Gasteiger partial charge >= 0.3 is 0 Å². The van der Waals surface area contributed by atoms with Crippen LogP contribution in [0.15, 0.2) is 35.0 Å². The van der Waals surface area contributed by atoms with Crippen molar-refractivity contribution in [3.63, 3.8) is 0 Å². The molecule has 0 bridgehead atoms. The van der Waals surface area contributed by atoms with E-state index >= 15 is 0 Å². The van der Waals surface area contributed by atoms with Crippen molar-refractivity contribution >= 4 is 34.5 Å². The van der Waals surface area contributed by atoms with Crippen LogP contribution in [0.3, 0.4) is 0 Å². The molecule has 0 radical (unpaired) electrons. The molecule has 0 aliphatic carbocycles. The number of amides is 2. The highest BCUT2D eigenvalue weighted by molar-refractivity contribution is 7.08. The van der Waals surface area contributed by atoms with E-state index < -0.39 is 11.9 Å². The third-order valence-corrected chi connectivity index (χ3v) is 3.96. The highest BCUT2D eigenvalue weighted by atomic mass is 32.1. The van der Waals surface area contributed by atoms with Gasteiger partial charge in [-0.3, -0.25) is 9.59 Å². The van der Waals surface area contributed by atoms with Crippen LogP contribution in [-0.4, -0.2) is 23.4 Å². The van der Waals surface area contributed by atoms with Crippen LogP contribution in [0.1, 0.15) is 38.1 Å². The van der Waals surface area contributed by atoms with Crippen LogP contribution >= 0.6 is 11.3 Å². The molecule has 1 atom stereocenters. The molecule has 1 aromatic heterocycles. The summed E-state index contributed by atoms with van der Waals surface area (Å²) in [6.45, 7) is 7.41. The third kappa shape index (κ3) is 5.56. The van der Waals surface area contributed by atoms with Crippen LogP contribution in [0.5, 0.6) is 0 Å². The molecule has 5 nitrogen and oxygen atoms in total. The molecule has 0 aliphatic rings. The number of rotatable bonds is 5. The van der Waals surface area contributed by atoms with E-state index in [0.29, 0.717) is 11.3 Å². The average Bonchev–Trinajstić information content (AvgIpc) is 3.03. The van der Waals surface area contributed by atoms with Gasteiger partial charge < -0.3 is 16.0 Å². The van der Waals surface area contributed by atoms with E-state index in [0.717, 1.165) is 0 Å². The number of nitrogens with one attached hydrogen (secondary N) is 3. The van der Waals surface area contributed by atoms with E-state index in [9.17, 15) is 14.0 Å². The molecule has 2 aromatic rings. The fourth-order valence-electron chi connectivity index (χ4n) is 2.09. The standard InChI is InChI=1S/C18H22FN3O2S/c1-11(16(23)22-18(2,3)4)20-13-5-6-14(19)15(9-13)21-17(24)12-7-8-25-10-12/h5-11,20H,1-4H3,(H,21,24)(H,22,23)/t11-/m0/s1. The fourth-order valence-corrected chi connectivity index (χ4v) is 2.73. The van der Waals surface area contributed by atoms with Gasteiger partial charge in [-0.05, 0) is 57.3 Å². The molecule has 0 saturated carbocycles. The van der Waals surface area contributed by atoms with E-state index in [2.05, 4.69) is 16.0 Å². The summed E-state index contributed by atoms with van der Waals surface area (Å²) in [5.74, 6) is -1.09. The van der Waals surface area contributed by atoms with Crippen molar-refractivity contribution in [2.45, 2.75) is 39.3 Å². The normalized spacial score (nSPS) is 12.4. The number of carbonyl (C=O) groups is 2. The van der Waals surface area contributed by atoms with E-state index in [1.54, 1.807) is 23.8 Å². The second kappa shape index (κ2) is 7.65. The zero-order valence-corrected chi connectivity index (χ0v) is 15.5. The molecule has 25 heavy (non-hydrogen) atoms. The van der Waals surface area contributed by atoms with Crippen molar-refractivity contribution in [1.82, 2.24) is 5.32 Å². The molecule has 0 spiro atoms. The minimum Gasteiger partial charge on any atom is -0.374 e. The molecule has 2 amide bonds. The van der Waals surface area contributed by atoms with Gasteiger partial charge in [0.1, 0.15) is 11.9 Å². The van der Waals surface area contributed by atoms with Crippen molar-refractivity contribution in [3.8, 4) is 0 Å². The van der Waals surface area contributed by atoms with Gasteiger partial charge in [-0.1, -0.05) is 0 Å². The number of thiophene rings is 1. The lowest BCUT2D eigenvalue weighted by Crippen LogP contribution is -2.47. The molecule has 134 valence electrons. The van der Waals surface area contributed by atoms with Gasteiger partial charge in [0.15, 0.2) is 0 Å². The summed E-state index contributed by atoms with van der Waals surface area (Å²) in [6, 6.07) is 5.40. The molecule has 3 N–H and O–H groups in total. The first-order valence-corrected chi connectivity index (χ1v) is 8.81. The molecular weight excluding hydrogens is 341 g/mol. The van der Waals surface area contributed by atoms with Crippen LogP contribution < -0.4 is 16.0 Å². The van der Waals surface area contributed by atoms with E-state index in [1.165, 1.54) is 29.5 Å². The summed E-state index contributed by atoms with van der Waals surface area (Å²) in [5, 5.41) is 11.9. The summed E-state index contributed by atoms with van der Waals surface area (Å²) < 4.78 is 14.0. The minimum absolute atomic E-state index is 0.0598. The van der Waals surface area contributed by atoms with Gasteiger partial charge in [0.2, 0.25) is 5.91 Å². The Hall–Kier alpha value is -2.41. The molecule has 1 heterocycles. The van der Waals surface area contributed by atoms with Crippen LogP contribution in [0.25, 0.3) is 0 Å². The van der Waals surface area contributed by atoms with Crippen molar-refractivity contribution in [1.29, 1.82) is 0 Å². The first kappa shape index (κ1) is 18.9. The molecule has 0 saturated heterocycles. The van der Waals surface area contributed by atoms with Gasteiger partial charge in [0.25, 0.3) is 5.91 Å². The van der Waals surface area contributed by atoms with Crippen molar-refractivity contribution < 1.29 is 14.0 Å². The Balaban J connectivity index is 2.08. The number of anilines is 2. The summed E-state index contributed by atoms with van der Waals surface area (Å²) in [6.07, 6.45) is 0. The van der Waals surface area contributed by atoms with Crippen LogP contribution in [0, 0.1) is 5.82 Å². The number of benzene rings is 1. The molecule has 0 fully saturated rings. The Morgan fingerprint density at radius 3 is 2.52 bits per heavy atom. The smallest absolute Gasteiger partial charge is 0.256 e. The predicted molar refractivity (Wildman–Crippen MR) is 99.7 cm³/mol. The predicted octanol–water partition coefficient (Wildman–Crippen LogP) is 3.85. The number of halogens is 1. The summed E-state index contributed by atoms with van der Waals surface area (Å²) in [7, 11) is 0. The second-order valence-corrected chi connectivity index (χ2v) is 7.55. The summed E-state index contributed by atoms with van der Waals surface area (Å²) in [4.78, 5) is 24.2. The fraction of sp³-hybridized carbons (Fsp3) is 0.333. The quantitative estimate of drug-likeness (QED) is 0.756. The Morgan fingerprint density at radius 2 is 1.92 bits per heavy atom. The second-order valence-electron chi connectivity index (χ2n) is 6.77. The Kier molecular flexibility index (Phi) is 5.79. The number of hydrogen-bond donors (Lipinski definition) is 3. The van der Waals surface area contributed by atoms with E-state index in [1.807, 2.05) is 20.8 Å². The molecule has 2 rings (SSSR count). The topological polar surface area (TPSA) is 70.2 Å². The first-order valence-electron chi connectivity index (χ1n) is 7.87. The zero-order chi connectivity index (χ0) is 18.6. The summed E-state index contributed by atoms with van der Waals surface area (Å²) in [5.41, 5.74) is 0.735. The average molecular weight is 363 g/mol. The van der Waals surface area contributed by atoms with Gasteiger partial charge in [-0.15, -0.1) is 0 Å². The van der Waals surface area contributed by atoms with Crippen molar-refractivity contribution in [2.75, 3.05) is 10.6 Å². The van der Waals surface area contributed by atoms with Gasteiger partial charge in [-0.2, -0.15) is 11.3 Å². The molecule has 0 unspecified atom stereocenters. The minimum atomic E-state index is -0.541. The lowest BCUT2D eigenvalue weighted by molar-refractivity contribution is -0.122. The van der Waals surface area contributed by atoms with Crippen LogP contribution in [0.4, 0.5) is 15.8 Å². The molecule has 1 aromatic carbocycles. The van der Waals surface area contributed by atoms with Crippen LogP contribution in [0.2, 0.25) is 0 Å². The van der Waals surface area contributed by atoms with Gasteiger partial charge in [0, 0.05) is 16.6 Å². The van der Waals surface area contributed by atoms with Gasteiger partial charge in [-0.25, -0.2) is 4.39 Å². The largest absolute Gasteiger partial charge is 0.374 e. The Bertz CT molecular complexity index is 754. The SMILES string of the molecule is C[C@H](Nc1ccc(F)c(NC(=O)c2ccsc2)c1)C(=O)NC(C)(C)C. The van der Waals surface area contributed by atoms with Crippen LogP contribution in [-0.2, 0) is 4.79 Å². The lowest BCUT2D eigenvalue weighted by atomic mass is 10.1. The number of carbonyl (C=O) groups excluding carboxylic acids is 2. The zero-order valence-electron chi connectivity index (χ0n) is 14.6. The first-order chi connectivity index (χ1) is 11.7. The maximum absolute atomic E-state index is 14.0. The highest BCUT2D eigenvalue weighted by Crippen LogP contribution is 2.21. The van der Waals surface area contributed by atoms with E-state index in [4.69, 9.17) is 0 Å². The molecule has 0 aliphatic heterocycles. The number of hydrogen-bond acceptors (Lipinski definition) is 4. The Morgan fingerprint density at radius 1 is 1.20 bits per heavy atom. The maximum atomic E-state index is 14.0. The molecule has 7 heteroatoms. The third-order valence-electron chi connectivity index (χ3n) is 3.27. The maximum Gasteiger partial charge on any atom is 0.256 e. The van der Waals surface area contributed by atoms with Gasteiger partial charge in [0.05, 0.1) is 11.3 Å². The highest BCUT2D eigenvalue weighted by Gasteiger charge is 2.19. The Labute approximate surface area is 150 Å². The molecular formula is C18H22FN3O2S. The lowest BCUT2D eigenvalue weighted by Gasteiger charge is -2.24. The van der Waals surface area contributed by atoms with Crippen molar-refractivity contribution in [3.05, 3.63) is 46.4 Å². The summed E-state index contributed by atoms with van der Waals surface area (Å²) >= 11 is 1.39. The van der Waals surface area contributed by atoms with Crippen molar-refractivity contribution in [2.24, 2.45) is 0 Å².